The van der Waals surface area contributed by atoms with Gasteiger partial charge in [-0.05, 0) is 45.8 Å². The van der Waals surface area contributed by atoms with E-state index in [0.29, 0.717) is 6.54 Å². The molecule has 1 aromatic carbocycles. The summed E-state index contributed by atoms with van der Waals surface area (Å²) in [5.41, 5.74) is 2.36. The molecule has 0 saturated carbocycles. The number of nitrogens with zero attached hydrogens (tertiary/aromatic N) is 3. The molecule has 6 nitrogen and oxygen atoms in total. The van der Waals surface area contributed by atoms with Gasteiger partial charge in [0, 0.05) is 30.5 Å². The molecule has 1 atom stereocenters. The molecule has 0 aliphatic carbocycles. The van der Waals surface area contributed by atoms with Crippen LogP contribution in [0.3, 0.4) is 0 Å². The number of likely N-dealkylation sites (tertiary alicyclic amines) is 1. The van der Waals surface area contributed by atoms with E-state index in [4.69, 9.17) is 9.73 Å². The van der Waals surface area contributed by atoms with E-state index in [9.17, 15) is 0 Å². The summed E-state index contributed by atoms with van der Waals surface area (Å²) in [5.74, 6) is 1.80. The molecule has 1 saturated heterocycles. The van der Waals surface area contributed by atoms with Crippen LogP contribution in [0.15, 0.2) is 34.6 Å². The van der Waals surface area contributed by atoms with Gasteiger partial charge in [0.05, 0.1) is 30.4 Å². The average molecular weight is 416 g/mol. The van der Waals surface area contributed by atoms with Crippen molar-refractivity contribution < 1.29 is 4.74 Å². The minimum Gasteiger partial charge on any atom is -0.496 e. The Balaban J connectivity index is 1.68. The van der Waals surface area contributed by atoms with Gasteiger partial charge in [0.15, 0.2) is 5.96 Å². The van der Waals surface area contributed by atoms with Gasteiger partial charge in [-0.2, -0.15) is 0 Å². The molecule has 7 heteroatoms. The van der Waals surface area contributed by atoms with Gasteiger partial charge in [-0.1, -0.05) is 18.2 Å². The highest BCUT2D eigenvalue weighted by molar-refractivity contribution is 7.09. The van der Waals surface area contributed by atoms with E-state index in [1.165, 1.54) is 18.4 Å². The number of aromatic nitrogens is 1. The van der Waals surface area contributed by atoms with Crippen molar-refractivity contribution >= 4 is 17.3 Å². The Morgan fingerprint density at radius 2 is 2.07 bits per heavy atom. The molecule has 1 unspecified atom stereocenters. The van der Waals surface area contributed by atoms with Crippen molar-refractivity contribution in [3.8, 4) is 5.75 Å². The Kier molecular flexibility index (Phi) is 8.31. The molecule has 1 aliphatic heterocycles. The van der Waals surface area contributed by atoms with Gasteiger partial charge >= 0.3 is 0 Å². The first-order valence-corrected chi connectivity index (χ1v) is 11.4. The van der Waals surface area contributed by atoms with Gasteiger partial charge in [-0.3, -0.25) is 9.89 Å². The smallest absolute Gasteiger partial charge is 0.191 e. The fourth-order valence-corrected chi connectivity index (χ4v) is 4.40. The lowest BCUT2D eigenvalue weighted by molar-refractivity contribution is 0.245. The highest BCUT2D eigenvalue weighted by Crippen LogP contribution is 2.31. The molecule has 0 bridgehead atoms. The number of hydrogen-bond donors (Lipinski definition) is 2. The van der Waals surface area contributed by atoms with Crippen LogP contribution in [0, 0.1) is 6.92 Å². The Labute approximate surface area is 178 Å². The zero-order chi connectivity index (χ0) is 20.5. The molecular formula is C22H33N5OS. The number of thiazole rings is 1. The van der Waals surface area contributed by atoms with E-state index in [1.54, 1.807) is 18.4 Å². The summed E-state index contributed by atoms with van der Waals surface area (Å²) in [6.45, 7) is 8.73. The first-order valence-electron chi connectivity index (χ1n) is 10.5. The van der Waals surface area contributed by atoms with Crippen molar-refractivity contribution in [2.24, 2.45) is 4.99 Å². The lowest BCUT2D eigenvalue weighted by Crippen LogP contribution is -2.39. The molecule has 0 spiro atoms. The third kappa shape index (κ3) is 6.18. The second-order valence-electron chi connectivity index (χ2n) is 7.26. The number of benzene rings is 1. The van der Waals surface area contributed by atoms with Crippen molar-refractivity contribution in [2.45, 2.75) is 39.2 Å². The molecule has 2 N–H and O–H groups in total. The molecule has 2 heterocycles. The van der Waals surface area contributed by atoms with Gasteiger partial charge in [0.2, 0.25) is 0 Å². The van der Waals surface area contributed by atoms with E-state index in [2.05, 4.69) is 45.0 Å². The summed E-state index contributed by atoms with van der Waals surface area (Å²) < 4.78 is 5.64. The molecule has 29 heavy (non-hydrogen) atoms. The van der Waals surface area contributed by atoms with Crippen molar-refractivity contribution in [1.29, 1.82) is 0 Å². The van der Waals surface area contributed by atoms with Crippen LogP contribution in [0.5, 0.6) is 5.75 Å². The number of para-hydroxylation sites is 1. The van der Waals surface area contributed by atoms with Crippen molar-refractivity contribution in [3.05, 3.63) is 45.9 Å². The third-order valence-corrected chi connectivity index (χ3v) is 6.01. The number of methoxy groups -OCH3 is 1. The van der Waals surface area contributed by atoms with Crippen LogP contribution in [0.4, 0.5) is 0 Å². The normalized spacial score (nSPS) is 16.0. The lowest BCUT2D eigenvalue weighted by Gasteiger charge is -2.28. The van der Waals surface area contributed by atoms with Crippen LogP contribution in [-0.4, -0.2) is 55.7 Å². The van der Waals surface area contributed by atoms with Gasteiger partial charge in [0.1, 0.15) is 5.75 Å². The zero-order valence-corrected chi connectivity index (χ0v) is 18.6. The molecule has 0 amide bonds. The van der Waals surface area contributed by atoms with Crippen molar-refractivity contribution in [1.82, 2.24) is 20.5 Å². The van der Waals surface area contributed by atoms with Gasteiger partial charge in [0.25, 0.3) is 0 Å². The molecular weight excluding hydrogens is 382 g/mol. The van der Waals surface area contributed by atoms with E-state index in [0.717, 1.165) is 55.0 Å². The summed E-state index contributed by atoms with van der Waals surface area (Å²) in [5, 5.41) is 10.1. The Bertz CT molecular complexity index is 785. The van der Waals surface area contributed by atoms with Crippen LogP contribution < -0.4 is 15.4 Å². The molecule has 0 radical (unpaired) electrons. The monoisotopic (exact) mass is 415 g/mol. The summed E-state index contributed by atoms with van der Waals surface area (Å²) >= 11 is 1.70. The summed E-state index contributed by atoms with van der Waals surface area (Å²) in [4.78, 5) is 12.0. The lowest BCUT2D eigenvalue weighted by atomic mass is 10.0. The van der Waals surface area contributed by atoms with Crippen LogP contribution in [0.25, 0.3) is 0 Å². The number of rotatable bonds is 9. The summed E-state index contributed by atoms with van der Waals surface area (Å²) in [6.07, 6.45) is 3.40. The number of aliphatic imine (C=N–C) groups is 1. The zero-order valence-electron chi connectivity index (χ0n) is 17.8. The molecule has 158 valence electrons. The van der Waals surface area contributed by atoms with E-state index in [1.807, 2.05) is 19.1 Å². The molecule has 2 aromatic rings. The third-order valence-electron chi connectivity index (χ3n) is 5.19. The quantitative estimate of drug-likeness (QED) is 0.486. The Morgan fingerprint density at radius 3 is 2.76 bits per heavy atom. The number of aryl methyl sites for hydroxylation is 1. The molecule has 1 fully saturated rings. The minimum absolute atomic E-state index is 0.227. The minimum atomic E-state index is 0.227. The topological polar surface area (TPSA) is 61.8 Å². The van der Waals surface area contributed by atoms with E-state index in [-0.39, 0.29) is 6.04 Å². The van der Waals surface area contributed by atoms with Gasteiger partial charge in [-0.25, -0.2) is 4.98 Å². The Hall–Kier alpha value is -2.12. The number of ether oxygens (including phenoxy) is 1. The fraction of sp³-hybridized carbons (Fsp3) is 0.545. The molecule has 1 aromatic heterocycles. The maximum Gasteiger partial charge on any atom is 0.191 e. The van der Waals surface area contributed by atoms with Crippen LogP contribution in [-0.2, 0) is 6.42 Å². The largest absolute Gasteiger partial charge is 0.496 e. The van der Waals surface area contributed by atoms with E-state index >= 15 is 0 Å². The Morgan fingerprint density at radius 1 is 1.28 bits per heavy atom. The van der Waals surface area contributed by atoms with Crippen molar-refractivity contribution in [2.75, 3.05) is 39.8 Å². The van der Waals surface area contributed by atoms with Crippen LogP contribution in [0.1, 0.15) is 42.1 Å². The van der Waals surface area contributed by atoms with E-state index < -0.39 is 0 Å². The van der Waals surface area contributed by atoms with Crippen LogP contribution >= 0.6 is 11.3 Å². The predicted molar refractivity (Wildman–Crippen MR) is 121 cm³/mol. The van der Waals surface area contributed by atoms with Crippen molar-refractivity contribution in [3.63, 3.8) is 0 Å². The number of nitrogens with one attached hydrogen (secondary N) is 2. The first-order chi connectivity index (χ1) is 14.2. The highest BCUT2D eigenvalue weighted by atomic mass is 32.1. The second-order valence-corrected chi connectivity index (χ2v) is 8.32. The maximum absolute atomic E-state index is 5.64. The molecule has 1 aliphatic rings. The SMILES string of the molecule is CCNC(=NCC(c1ccccc1OC)N1CCCC1)NCCc1csc(C)n1. The van der Waals surface area contributed by atoms with Gasteiger partial charge < -0.3 is 15.4 Å². The number of hydrogen-bond acceptors (Lipinski definition) is 5. The number of guanidine groups is 1. The van der Waals surface area contributed by atoms with Gasteiger partial charge in [-0.15, -0.1) is 11.3 Å². The second kappa shape index (κ2) is 11.2. The standard InChI is InChI=1S/C22H33N5OS/c1-4-23-22(24-12-11-18-16-29-17(2)26-18)25-15-20(27-13-7-8-14-27)19-9-5-6-10-21(19)28-3/h5-6,9-10,16,20H,4,7-8,11-15H2,1-3H3,(H2,23,24,25). The average Bonchev–Trinajstić information content (AvgIpc) is 3.40. The van der Waals surface area contributed by atoms with Crippen LogP contribution in [0.2, 0.25) is 0 Å². The first kappa shape index (κ1) is 21.6. The predicted octanol–water partition coefficient (Wildman–Crippen LogP) is 3.39. The highest BCUT2D eigenvalue weighted by Gasteiger charge is 2.25. The fourth-order valence-electron chi connectivity index (χ4n) is 3.76. The maximum atomic E-state index is 5.64. The summed E-state index contributed by atoms with van der Waals surface area (Å²) in [6, 6.07) is 8.55. The molecule has 3 rings (SSSR count). The summed E-state index contributed by atoms with van der Waals surface area (Å²) in [7, 11) is 1.74.